The van der Waals surface area contributed by atoms with E-state index in [1.807, 2.05) is 20.8 Å². The molecule has 0 fully saturated rings. The molecule has 0 aromatic heterocycles. The molecule has 3 heteroatoms. The molecule has 0 saturated carbocycles. The second kappa shape index (κ2) is 3.01. The number of hydrazine groups is 1. The Morgan fingerprint density at radius 2 is 1.90 bits per heavy atom. The summed E-state index contributed by atoms with van der Waals surface area (Å²) in [6.07, 6.45) is 0.466. The number of carbonyl (C=O) groups is 1. The number of amides is 1. The summed E-state index contributed by atoms with van der Waals surface area (Å²) in [5.41, 5.74) is -0.257. The van der Waals surface area contributed by atoms with Gasteiger partial charge in [0.05, 0.1) is 5.54 Å². The molecule has 0 bridgehead atoms. The highest BCUT2D eigenvalue weighted by atomic mass is 16.2. The number of hydrogen-bond donors (Lipinski definition) is 1. The summed E-state index contributed by atoms with van der Waals surface area (Å²) in [4.78, 5) is 11.0. The van der Waals surface area contributed by atoms with Crippen molar-refractivity contribution in [2.45, 2.75) is 39.7 Å². The molecule has 0 heterocycles. The zero-order chi connectivity index (χ0) is 8.36. The molecule has 0 rings (SSSR count). The summed E-state index contributed by atoms with van der Waals surface area (Å²) in [5, 5.41) is 1.27. The van der Waals surface area contributed by atoms with E-state index in [1.54, 1.807) is 6.92 Å². The number of carbonyl (C=O) groups excluding carboxylic acids is 1. The lowest BCUT2D eigenvalue weighted by molar-refractivity contribution is -0.135. The Morgan fingerprint density at radius 1 is 1.50 bits per heavy atom. The van der Waals surface area contributed by atoms with E-state index in [0.717, 1.165) is 0 Å². The second-order valence-electron chi connectivity index (χ2n) is 3.29. The third-order valence-corrected chi connectivity index (χ3v) is 1.29. The monoisotopic (exact) mass is 144 g/mol. The van der Waals surface area contributed by atoms with Crippen molar-refractivity contribution in [3.63, 3.8) is 0 Å². The zero-order valence-electron chi connectivity index (χ0n) is 7.14. The molecule has 0 aliphatic heterocycles. The van der Waals surface area contributed by atoms with E-state index in [9.17, 15) is 4.79 Å². The van der Waals surface area contributed by atoms with Gasteiger partial charge in [-0.25, -0.2) is 5.84 Å². The second-order valence-corrected chi connectivity index (χ2v) is 3.29. The fraction of sp³-hybridized carbons (Fsp3) is 0.857. The Labute approximate surface area is 62.2 Å². The average molecular weight is 144 g/mol. The van der Waals surface area contributed by atoms with Gasteiger partial charge < -0.3 is 0 Å². The van der Waals surface area contributed by atoms with Gasteiger partial charge in [0.15, 0.2) is 0 Å². The molecule has 3 nitrogen and oxygen atoms in total. The first-order chi connectivity index (χ1) is 4.39. The summed E-state index contributed by atoms with van der Waals surface area (Å²) in [6.45, 7) is 7.51. The van der Waals surface area contributed by atoms with Crippen molar-refractivity contribution < 1.29 is 4.79 Å². The van der Waals surface area contributed by atoms with Crippen LogP contribution in [0.4, 0.5) is 0 Å². The lowest BCUT2D eigenvalue weighted by atomic mass is 10.1. The Morgan fingerprint density at radius 3 is 2.00 bits per heavy atom. The van der Waals surface area contributed by atoms with Crippen molar-refractivity contribution in [2.75, 3.05) is 0 Å². The number of hydrogen-bond acceptors (Lipinski definition) is 2. The molecule has 1 amide bonds. The lowest BCUT2D eigenvalue weighted by Crippen LogP contribution is -2.50. The van der Waals surface area contributed by atoms with Gasteiger partial charge in [-0.1, -0.05) is 6.92 Å². The van der Waals surface area contributed by atoms with Crippen molar-refractivity contribution in [1.29, 1.82) is 0 Å². The summed E-state index contributed by atoms with van der Waals surface area (Å²) in [6, 6.07) is 0. The van der Waals surface area contributed by atoms with Crippen LogP contribution in [-0.4, -0.2) is 16.5 Å². The molecule has 0 saturated heterocycles. The van der Waals surface area contributed by atoms with Crippen molar-refractivity contribution in [2.24, 2.45) is 5.84 Å². The van der Waals surface area contributed by atoms with E-state index in [2.05, 4.69) is 0 Å². The van der Waals surface area contributed by atoms with Gasteiger partial charge in [0.25, 0.3) is 0 Å². The van der Waals surface area contributed by atoms with Crippen LogP contribution >= 0.6 is 0 Å². The summed E-state index contributed by atoms with van der Waals surface area (Å²) in [7, 11) is 0. The van der Waals surface area contributed by atoms with Crippen LogP contribution < -0.4 is 5.84 Å². The van der Waals surface area contributed by atoms with E-state index in [1.165, 1.54) is 5.01 Å². The maximum atomic E-state index is 11.0. The largest absolute Gasteiger partial charge is 0.275 e. The Kier molecular flexibility index (Phi) is 2.84. The van der Waals surface area contributed by atoms with Crippen LogP contribution in [0.25, 0.3) is 0 Å². The highest BCUT2D eigenvalue weighted by Gasteiger charge is 2.21. The van der Waals surface area contributed by atoms with Gasteiger partial charge in [0, 0.05) is 6.42 Å². The molecule has 2 N–H and O–H groups in total. The number of rotatable bonds is 1. The third kappa shape index (κ3) is 2.35. The Bertz CT molecular complexity index is 126. The first kappa shape index (κ1) is 9.43. The minimum absolute atomic E-state index is 0.0208. The smallest absolute Gasteiger partial charge is 0.236 e. The molecule has 10 heavy (non-hydrogen) atoms. The molecule has 0 aromatic rings. The minimum atomic E-state index is -0.257. The molecule has 60 valence electrons. The van der Waals surface area contributed by atoms with E-state index >= 15 is 0 Å². The van der Waals surface area contributed by atoms with Gasteiger partial charge in [-0.15, -0.1) is 0 Å². The normalized spacial score (nSPS) is 11.3. The van der Waals surface area contributed by atoms with Gasteiger partial charge >= 0.3 is 0 Å². The quantitative estimate of drug-likeness (QED) is 0.337. The molecule has 0 radical (unpaired) electrons. The van der Waals surface area contributed by atoms with Crippen LogP contribution in [0.2, 0.25) is 0 Å². The SMILES string of the molecule is CCC(=O)N(N)C(C)(C)C. The van der Waals surface area contributed by atoms with Crippen molar-refractivity contribution >= 4 is 5.91 Å². The van der Waals surface area contributed by atoms with Gasteiger partial charge in [0.1, 0.15) is 0 Å². The predicted octanol–water partition coefficient (Wildman–Crippen LogP) is 0.897. The minimum Gasteiger partial charge on any atom is -0.275 e. The van der Waals surface area contributed by atoms with E-state index < -0.39 is 0 Å². The molecule has 0 aliphatic rings. The molecule has 0 unspecified atom stereocenters. The Hall–Kier alpha value is -0.570. The van der Waals surface area contributed by atoms with Gasteiger partial charge in [0.2, 0.25) is 5.91 Å². The van der Waals surface area contributed by atoms with Gasteiger partial charge in [-0.3, -0.25) is 9.80 Å². The molecule has 0 aromatic carbocycles. The van der Waals surface area contributed by atoms with Crippen LogP contribution in [0.15, 0.2) is 0 Å². The van der Waals surface area contributed by atoms with Crippen LogP contribution in [0.5, 0.6) is 0 Å². The fourth-order valence-corrected chi connectivity index (χ4v) is 0.544. The number of nitrogens with zero attached hydrogens (tertiary/aromatic N) is 1. The maximum absolute atomic E-state index is 11.0. The predicted molar refractivity (Wildman–Crippen MR) is 41.1 cm³/mol. The first-order valence-electron chi connectivity index (χ1n) is 3.47. The van der Waals surface area contributed by atoms with Gasteiger partial charge in [-0.05, 0) is 20.8 Å². The van der Waals surface area contributed by atoms with Crippen molar-refractivity contribution in [1.82, 2.24) is 5.01 Å². The topological polar surface area (TPSA) is 46.3 Å². The molecular formula is C7H16N2O. The molecule has 0 atom stereocenters. The van der Waals surface area contributed by atoms with Crippen LogP contribution in [0.1, 0.15) is 34.1 Å². The molecule has 0 aliphatic carbocycles. The van der Waals surface area contributed by atoms with E-state index in [4.69, 9.17) is 5.84 Å². The maximum Gasteiger partial charge on any atom is 0.236 e. The highest BCUT2D eigenvalue weighted by molar-refractivity contribution is 5.75. The van der Waals surface area contributed by atoms with Crippen LogP contribution in [0.3, 0.4) is 0 Å². The van der Waals surface area contributed by atoms with Gasteiger partial charge in [-0.2, -0.15) is 0 Å². The van der Waals surface area contributed by atoms with Crippen molar-refractivity contribution in [3.05, 3.63) is 0 Å². The van der Waals surface area contributed by atoms with E-state index in [0.29, 0.717) is 6.42 Å². The van der Waals surface area contributed by atoms with Crippen LogP contribution in [0, 0.1) is 0 Å². The highest BCUT2D eigenvalue weighted by Crippen LogP contribution is 2.08. The Balaban J connectivity index is 4.08. The fourth-order valence-electron chi connectivity index (χ4n) is 0.544. The summed E-state index contributed by atoms with van der Waals surface area (Å²) in [5.74, 6) is 5.47. The third-order valence-electron chi connectivity index (χ3n) is 1.29. The van der Waals surface area contributed by atoms with Crippen molar-refractivity contribution in [3.8, 4) is 0 Å². The molecule has 0 spiro atoms. The zero-order valence-corrected chi connectivity index (χ0v) is 7.14. The summed E-state index contributed by atoms with van der Waals surface area (Å²) < 4.78 is 0. The number of nitrogens with two attached hydrogens (primary N) is 1. The average Bonchev–Trinajstić information content (AvgIpc) is 1.83. The standard InChI is InChI=1S/C7H16N2O/c1-5-6(10)9(8)7(2,3)4/h5,8H2,1-4H3. The lowest BCUT2D eigenvalue weighted by Gasteiger charge is -2.30. The van der Waals surface area contributed by atoms with E-state index in [-0.39, 0.29) is 11.4 Å². The first-order valence-corrected chi connectivity index (χ1v) is 3.47. The molecular weight excluding hydrogens is 128 g/mol. The van der Waals surface area contributed by atoms with Crippen LogP contribution in [-0.2, 0) is 4.79 Å². The summed E-state index contributed by atoms with van der Waals surface area (Å²) >= 11 is 0.